The molecule has 0 radical (unpaired) electrons. The van der Waals surface area contributed by atoms with Crippen LogP contribution in [0.2, 0.25) is 0 Å². The Bertz CT molecular complexity index is 1210. The largest absolute Gasteiger partial charge is 0.385 e. The van der Waals surface area contributed by atoms with Gasteiger partial charge in [-0.2, -0.15) is 0 Å². The Morgan fingerprint density at radius 3 is 2.80 bits per heavy atom. The van der Waals surface area contributed by atoms with Crippen LogP contribution in [0.4, 0.5) is 0 Å². The van der Waals surface area contributed by atoms with Crippen LogP contribution >= 0.6 is 23.1 Å². The van der Waals surface area contributed by atoms with Crippen LogP contribution in [0.3, 0.4) is 0 Å². The van der Waals surface area contributed by atoms with Gasteiger partial charge in [0, 0.05) is 30.7 Å². The van der Waals surface area contributed by atoms with Gasteiger partial charge in [-0.05, 0) is 25.8 Å². The van der Waals surface area contributed by atoms with Crippen LogP contribution in [0.15, 0.2) is 40.5 Å². The second-order valence-electron chi connectivity index (χ2n) is 7.03. The maximum atomic E-state index is 12.9. The summed E-state index contributed by atoms with van der Waals surface area (Å²) in [5, 5.41) is 9.64. The van der Waals surface area contributed by atoms with Gasteiger partial charge in [0.2, 0.25) is 0 Å². The molecule has 1 N–H and O–H groups in total. The number of rotatable bonds is 8. The first-order valence-corrected chi connectivity index (χ1v) is 11.5. The van der Waals surface area contributed by atoms with Gasteiger partial charge in [0.25, 0.3) is 5.56 Å². The summed E-state index contributed by atoms with van der Waals surface area (Å²) in [6, 6.07) is 8.24. The highest BCUT2D eigenvalue weighted by atomic mass is 32.2. The molecule has 9 heteroatoms. The zero-order chi connectivity index (χ0) is 21.1. The Kier molecular flexibility index (Phi) is 6.31. The Hall–Kier alpha value is -2.49. The van der Waals surface area contributed by atoms with E-state index in [1.807, 2.05) is 11.5 Å². The number of benzene rings is 1. The van der Waals surface area contributed by atoms with Gasteiger partial charge in [-0.3, -0.25) is 4.79 Å². The van der Waals surface area contributed by atoms with Crippen molar-refractivity contribution < 1.29 is 4.74 Å². The summed E-state index contributed by atoms with van der Waals surface area (Å²) >= 11 is 3.07. The lowest BCUT2D eigenvalue weighted by Gasteiger charge is -2.06. The molecular formula is C21H23N5O2S2. The van der Waals surface area contributed by atoms with Crippen LogP contribution in [0.25, 0.3) is 21.3 Å². The van der Waals surface area contributed by atoms with Crippen LogP contribution in [-0.2, 0) is 17.0 Å². The Morgan fingerprint density at radius 1 is 1.23 bits per heavy atom. The molecule has 0 aliphatic carbocycles. The number of hydrogen-bond acceptors (Lipinski definition) is 7. The van der Waals surface area contributed by atoms with E-state index in [0.29, 0.717) is 23.6 Å². The van der Waals surface area contributed by atoms with Crippen LogP contribution < -0.4 is 5.56 Å². The van der Waals surface area contributed by atoms with Gasteiger partial charge >= 0.3 is 0 Å². The highest BCUT2D eigenvalue weighted by Gasteiger charge is 2.17. The zero-order valence-corrected chi connectivity index (χ0v) is 18.8. The van der Waals surface area contributed by atoms with Gasteiger partial charge in [-0.15, -0.1) is 21.5 Å². The van der Waals surface area contributed by atoms with E-state index in [1.54, 1.807) is 24.8 Å². The van der Waals surface area contributed by atoms with Gasteiger partial charge in [0.15, 0.2) is 5.16 Å². The number of methoxy groups -OCH3 is 1. The third-order valence-electron chi connectivity index (χ3n) is 4.79. The number of fused-ring (bicyclic) bond motifs is 1. The van der Waals surface area contributed by atoms with E-state index in [0.717, 1.165) is 39.0 Å². The third kappa shape index (κ3) is 4.33. The smallest absolute Gasteiger partial charge is 0.260 e. The fourth-order valence-electron chi connectivity index (χ4n) is 3.32. The molecule has 0 bridgehead atoms. The molecule has 0 aliphatic heterocycles. The molecule has 156 valence electrons. The summed E-state index contributed by atoms with van der Waals surface area (Å²) in [4.78, 5) is 22.5. The lowest BCUT2D eigenvalue weighted by atomic mass is 10.0. The van der Waals surface area contributed by atoms with Gasteiger partial charge in [-0.25, -0.2) is 4.98 Å². The molecule has 0 aliphatic rings. The average molecular weight is 442 g/mol. The van der Waals surface area contributed by atoms with E-state index in [-0.39, 0.29) is 5.56 Å². The number of nitrogens with zero attached hydrogens (tertiary/aromatic N) is 4. The minimum atomic E-state index is -0.0999. The van der Waals surface area contributed by atoms with Crippen LogP contribution in [0.5, 0.6) is 0 Å². The van der Waals surface area contributed by atoms with E-state index in [9.17, 15) is 4.79 Å². The molecular weight excluding hydrogens is 418 g/mol. The molecule has 0 saturated heterocycles. The van der Waals surface area contributed by atoms with E-state index in [1.165, 1.54) is 17.3 Å². The highest BCUT2D eigenvalue weighted by Crippen LogP contribution is 2.35. The van der Waals surface area contributed by atoms with E-state index >= 15 is 0 Å². The molecule has 0 atom stereocenters. The minimum absolute atomic E-state index is 0.0999. The van der Waals surface area contributed by atoms with Gasteiger partial charge in [-0.1, -0.05) is 41.6 Å². The summed E-state index contributed by atoms with van der Waals surface area (Å²) in [5.74, 6) is 1.16. The summed E-state index contributed by atoms with van der Waals surface area (Å²) in [5.41, 5.74) is 3.11. The number of hydrogen-bond donors (Lipinski definition) is 1. The van der Waals surface area contributed by atoms with E-state index in [2.05, 4.69) is 46.4 Å². The first kappa shape index (κ1) is 20.8. The maximum Gasteiger partial charge on any atom is 0.260 e. The number of H-pyrrole nitrogens is 1. The Balaban J connectivity index is 1.58. The van der Waals surface area contributed by atoms with Crippen molar-refractivity contribution in [3.8, 4) is 11.1 Å². The molecule has 3 heterocycles. The Labute approximate surface area is 182 Å². The van der Waals surface area contributed by atoms with Gasteiger partial charge < -0.3 is 14.3 Å². The Morgan fingerprint density at radius 2 is 2.03 bits per heavy atom. The number of aromatic amines is 1. The molecule has 1 aromatic carbocycles. The summed E-state index contributed by atoms with van der Waals surface area (Å²) in [7, 11) is 1.69. The molecule has 7 nitrogen and oxygen atoms in total. The molecule has 4 aromatic rings. The van der Waals surface area contributed by atoms with Crippen molar-refractivity contribution >= 4 is 33.3 Å². The van der Waals surface area contributed by atoms with Crippen LogP contribution in [0.1, 0.15) is 22.7 Å². The van der Waals surface area contributed by atoms with Crippen LogP contribution in [0, 0.1) is 13.8 Å². The maximum absolute atomic E-state index is 12.9. The van der Waals surface area contributed by atoms with E-state index < -0.39 is 0 Å². The molecule has 3 aromatic heterocycles. The fourth-order valence-corrected chi connectivity index (χ4v) is 5.20. The second kappa shape index (κ2) is 9.11. The summed E-state index contributed by atoms with van der Waals surface area (Å²) < 4.78 is 7.09. The standard InChI is InChI=1S/C21H23N5O2S2/c1-13-5-7-15(8-6-13)17-14(2)30-20-18(17)19(27)23-16(24-20)11-29-21-25-22-12-26(21)9-4-10-28-3/h5-8,12H,4,9-11H2,1-3H3,(H,23,24,27). The van der Waals surface area contributed by atoms with Crippen molar-refractivity contribution in [2.24, 2.45) is 0 Å². The van der Waals surface area contributed by atoms with Crippen molar-refractivity contribution in [2.45, 2.75) is 37.7 Å². The number of aryl methyl sites for hydroxylation is 3. The molecule has 0 fully saturated rings. The predicted octanol–water partition coefficient (Wildman–Crippen LogP) is 4.19. The molecule has 4 rings (SSSR count). The van der Waals surface area contributed by atoms with E-state index in [4.69, 9.17) is 9.72 Å². The molecule has 0 unspecified atom stereocenters. The monoisotopic (exact) mass is 441 g/mol. The lowest BCUT2D eigenvalue weighted by molar-refractivity contribution is 0.189. The molecule has 0 spiro atoms. The summed E-state index contributed by atoms with van der Waals surface area (Å²) in [6.45, 7) is 5.57. The quantitative estimate of drug-likeness (QED) is 0.326. The molecule has 0 saturated carbocycles. The summed E-state index contributed by atoms with van der Waals surface area (Å²) in [6.07, 6.45) is 2.60. The van der Waals surface area contributed by atoms with Gasteiger partial charge in [0.1, 0.15) is 17.0 Å². The van der Waals surface area contributed by atoms with Crippen molar-refractivity contribution in [1.29, 1.82) is 0 Å². The van der Waals surface area contributed by atoms with Crippen molar-refractivity contribution in [1.82, 2.24) is 24.7 Å². The number of nitrogens with one attached hydrogen (secondary N) is 1. The lowest BCUT2D eigenvalue weighted by Crippen LogP contribution is -2.11. The molecule has 0 amide bonds. The topological polar surface area (TPSA) is 85.7 Å². The highest BCUT2D eigenvalue weighted by molar-refractivity contribution is 7.98. The number of aromatic nitrogens is 5. The first-order chi connectivity index (χ1) is 14.6. The first-order valence-electron chi connectivity index (χ1n) is 9.65. The number of ether oxygens (including phenoxy) is 1. The van der Waals surface area contributed by atoms with Crippen LogP contribution in [-0.4, -0.2) is 38.4 Å². The van der Waals surface area contributed by atoms with Crippen molar-refractivity contribution in [3.63, 3.8) is 0 Å². The number of thioether (sulfide) groups is 1. The van der Waals surface area contributed by atoms with Crippen molar-refractivity contribution in [2.75, 3.05) is 13.7 Å². The average Bonchev–Trinajstić information content (AvgIpc) is 3.31. The predicted molar refractivity (Wildman–Crippen MR) is 121 cm³/mol. The number of thiophene rings is 1. The normalized spacial score (nSPS) is 11.4. The van der Waals surface area contributed by atoms with Crippen molar-refractivity contribution in [3.05, 3.63) is 57.2 Å². The minimum Gasteiger partial charge on any atom is -0.385 e. The zero-order valence-electron chi connectivity index (χ0n) is 17.1. The fraction of sp³-hybridized carbons (Fsp3) is 0.333. The molecule has 30 heavy (non-hydrogen) atoms. The third-order valence-corrected chi connectivity index (χ3v) is 6.78. The van der Waals surface area contributed by atoms with Gasteiger partial charge in [0.05, 0.1) is 11.1 Å². The SMILES string of the molecule is COCCCn1cnnc1SCc1nc2sc(C)c(-c3ccc(C)cc3)c2c(=O)[nH]1. The second-order valence-corrected chi connectivity index (χ2v) is 9.18.